The van der Waals surface area contributed by atoms with Crippen LogP contribution in [0.25, 0.3) is 0 Å². The highest BCUT2D eigenvalue weighted by Gasteiger charge is 2.27. The van der Waals surface area contributed by atoms with E-state index >= 15 is 0 Å². The van der Waals surface area contributed by atoms with Gasteiger partial charge in [-0.2, -0.15) is 5.10 Å². The van der Waals surface area contributed by atoms with Crippen LogP contribution in [0.1, 0.15) is 32.8 Å². The fourth-order valence-corrected chi connectivity index (χ4v) is 2.62. The lowest BCUT2D eigenvalue weighted by Crippen LogP contribution is -2.32. The second-order valence-corrected chi connectivity index (χ2v) is 6.92. The van der Waals surface area contributed by atoms with Gasteiger partial charge in [-0.1, -0.05) is 18.5 Å². The fraction of sp³-hybridized carbons (Fsp3) is 0.529. The number of amides is 1. The molecule has 138 valence electrons. The SMILES string of the molecule is COCOc1c(C2=NNC(=O)CC2C)ccc(OCC(C)(C)O)c1Cl. The van der Waals surface area contributed by atoms with E-state index < -0.39 is 5.60 Å². The molecule has 25 heavy (non-hydrogen) atoms. The maximum absolute atomic E-state index is 11.5. The van der Waals surface area contributed by atoms with Crippen molar-refractivity contribution in [3.63, 3.8) is 0 Å². The second-order valence-electron chi connectivity index (χ2n) is 6.54. The van der Waals surface area contributed by atoms with Crippen LogP contribution in [0.4, 0.5) is 0 Å². The summed E-state index contributed by atoms with van der Waals surface area (Å²) in [7, 11) is 1.50. The molecule has 0 bridgehead atoms. The summed E-state index contributed by atoms with van der Waals surface area (Å²) in [5, 5.41) is 14.2. The molecule has 7 nitrogen and oxygen atoms in total. The molecule has 0 saturated carbocycles. The molecule has 0 saturated heterocycles. The summed E-state index contributed by atoms with van der Waals surface area (Å²) in [5.74, 6) is 0.523. The Morgan fingerprint density at radius 3 is 2.72 bits per heavy atom. The predicted octanol–water partition coefficient (Wildman–Crippen LogP) is 2.33. The first-order chi connectivity index (χ1) is 11.7. The van der Waals surface area contributed by atoms with Gasteiger partial charge >= 0.3 is 0 Å². The van der Waals surface area contributed by atoms with Crippen molar-refractivity contribution >= 4 is 23.2 Å². The van der Waals surface area contributed by atoms with Crippen LogP contribution in [0.15, 0.2) is 17.2 Å². The number of hydrogen-bond donors (Lipinski definition) is 2. The molecule has 0 aromatic heterocycles. The van der Waals surface area contributed by atoms with Gasteiger partial charge in [0.1, 0.15) is 17.4 Å². The molecular weight excluding hydrogens is 348 g/mol. The van der Waals surface area contributed by atoms with Crippen LogP contribution in [-0.4, -0.2) is 42.8 Å². The van der Waals surface area contributed by atoms with Crippen molar-refractivity contribution in [2.24, 2.45) is 11.0 Å². The first kappa shape index (κ1) is 19.5. The summed E-state index contributed by atoms with van der Waals surface area (Å²) >= 11 is 6.44. The van der Waals surface area contributed by atoms with Crippen molar-refractivity contribution < 1.29 is 24.1 Å². The van der Waals surface area contributed by atoms with Crippen molar-refractivity contribution in [1.29, 1.82) is 0 Å². The number of hydrogen-bond acceptors (Lipinski definition) is 6. The number of aliphatic hydroxyl groups is 1. The minimum absolute atomic E-state index is 0.00428. The van der Waals surface area contributed by atoms with Gasteiger partial charge in [0.2, 0.25) is 5.91 Å². The zero-order chi connectivity index (χ0) is 18.6. The molecule has 1 aromatic rings. The lowest BCUT2D eigenvalue weighted by atomic mass is 9.93. The van der Waals surface area contributed by atoms with Gasteiger partial charge in [0.05, 0.1) is 11.3 Å². The van der Waals surface area contributed by atoms with Gasteiger partial charge in [0.25, 0.3) is 0 Å². The average molecular weight is 371 g/mol. The van der Waals surface area contributed by atoms with Gasteiger partial charge in [-0.15, -0.1) is 0 Å². The topological polar surface area (TPSA) is 89.4 Å². The van der Waals surface area contributed by atoms with Crippen molar-refractivity contribution in [2.75, 3.05) is 20.5 Å². The van der Waals surface area contributed by atoms with Crippen LogP contribution in [0.5, 0.6) is 11.5 Å². The third-order valence-electron chi connectivity index (χ3n) is 3.50. The van der Waals surface area contributed by atoms with Gasteiger partial charge in [-0.05, 0) is 26.0 Å². The second kappa shape index (κ2) is 8.03. The van der Waals surface area contributed by atoms with E-state index in [1.54, 1.807) is 26.0 Å². The molecule has 1 unspecified atom stereocenters. The summed E-state index contributed by atoms with van der Waals surface area (Å²) in [6, 6.07) is 3.46. The number of ether oxygens (including phenoxy) is 3. The molecule has 0 radical (unpaired) electrons. The van der Waals surface area contributed by atoms with Crippen LogP contribution in [0, 0.1) is 5.92 Å². The predicted molar refractivity (Wildman–Crippen MR) is 94.2 cm³/mol. The van der Waals surface area contributed by atoms with Crippen molar-refractivity contribution in [2.45, 2.75) is 32.8 Å². The molecule has 1 atom stereocenters. The Kier molecular flexibility index (Phi) is 6.26. The maximum Gasteiger partial charge on any atom is 0.240 e. The van der Waals surface area contributed by atoms with Crippen LogP contribution in [-0.2, 0) is 9.53 Å². The zero-order valence-electron chi connectivity index (χ0n) is 14.8. The Morgan fingerprint density at radius 1 is 1.40 bits per heavy atom. The highest BCUT2D eigenvalue weighted by atomic mass is 35.5. The smallest absolute Gasteiger partial charge is 0.240 e. The molecule has 1 aliphatic rings. The minimum Gasteiger partial charge on any atom is -0.489 e. The summed E-state index contributed by atoms with van der Waals surface area (Å²) in [6.07, 6.45) is 0.330. The number of nitrogens with zero attached hydrogens (tertiary/aromatic N) is 1. The minimum atomic E-state index is -0.998. The fourth-order valence-electron chi connectivity index (χ4n) is 2.34. The van der Waals surface area contributed by atoms with Crippen molar-refractivity contribution in [3.8, 4) is 11.5 Å². The van der Waals surface area contributed by atoms with Crippen LogP contribution in [0.2, 0.25) is 5.02 Å². The van der Waals surface area contributed by atoms with E-state index in [-0.39, 0.29) is 30.2 Å². The molecule has 1 amide bonds. The molecular formula is C17H23ClN2O5. The maximum atomic E-state index is 11.5. The van der Waals surface area contributed by atoms with Crippen LogP contribution >= 0.6 is 11.6 Å². The first-order valence-corrected chi connectivity index (χ1v) is 8.27. The average Bonchev–Trinajstić information content (AvgIpc) is 2.52. The monoisotopic (exact) mass is 370 g/mol. The molecule has 1 aromatic carbocycles. The van der Waals surface area contributed by atoms with Gasteiger partial charge in [0.15, 0.2) is 12.5 Å². The lowest BCUT2D eigenvalue weighted by Gasteiger charge is -2.23. The molecule has 0 fully saturated rings. The normalized spacial score (nSPS) is 17.8. The molecule has 2 N–H and O–H groups in total. The largest absolute Gasteiger partial charge is 0.489 e. The van der Waals surface area contributed by atoms with E-state index in [2.05, 4.69) is 10.5 Å². The third kappa shape index (κ3) is 5.07. The number of halogens is 1. The Bertz CT molecular complexity index is 670. The van der Waals surface area contributed by atoms with Gasteiger partial charge in [-0.25, -0.2) is 5.43 Å². The number of carbonyl (C=O) groups excluding carboxylic acids is 1. The Balaban J connectivity index is 2.39. The molecule has 2 rings (SSSR count). The van der Waals surface area contributed by atoms with E-state index in [9.17, 15) is 9.90 Å². The molecule has 0 aliphatic carbocycles. The van der Waals surface area contributed by atoms with Crippen LogP contribution < -0.4 is 14.9 Å². The summed E-state index contributed by atoms with van der Waals surface area (Å²) in [5.41, 5.74) is 2.81. The number of hydrazone groups is 1. The third-order valence-corrected chi connectivity index (χ3v) is 3.86. The molecule has 1 aliphatic heterocycles. The number of methoxy groups -OCH3 is 1. The Hall–Kier alpha value is -1.83. The van der Waals surface area contributed by atoms with Gasteiger partial charge < -0.3 is 19.3 Å². The summed E-state index contributed by atoms with van der Waals surface area (Å²) < 4.78 is 16.2. The van der Waals surface area contributed by atoms with Gasteiger partial charge in [-0.3, -0.25) is 4.79 Å². The number of carbonyl (C=O) groups is 1. The Morgan fingerprint density at radius 2 is 2.12 bits per heavy atom. The highest BCUT2D eigenvalue weighted by Crippen LogP contribution is 2.39. The number of benzene rings is 1. The van der Waals surface area contributed by atoms with E-state index in [1.807, 2.05) is 6.92 Å². The number of rotatable bonds is 7. The first-order valence-electron chi connectivity index (χ1n) is 7.89. The zero-order valence-corrected chi connectivity index (χ0v) is 15.5. The quantitative estimate of drug-likeness (QED) is 0.719. The van der Waals surface area contributed by atoms with Crippen molar-refractivity contribution in [1.82, 2.24) is 5.43 Å². The van der Waals surface area contributed by atoms with Crippen molar-refractivity contribution in [3.05, 3.63) is 22.7 Å². The standard InChI is InChI=1S/C17H23ClN2O5/c1-10-7-13(21)19-20-15(10)11-5-6-12(24-8-17(2,3)22)14(18)16(11)25-9-23-4/h5-6,10,22H,7-9H2,1-4H3,(H,19,21). The van der Waals surface area contributed by atoms with Gasteiger partial charge in [0, 0.05) is 25.0 Å². The van der Waals surface area contributed by atoms with Crippen LogP contribution in [0.3, 0.4) is 0 Å². The lowest BCUT2D eigenvalue weighted by molar-refractivity contribution is -0.121. The number of nitrogens with one attached hydrogen (secondary N) is 1. The van der Waals surface area contributed by atoms with E-state index in [0.717, 1.165) is 0 Å². The highest BCUT2D eigenvalue weighted by molar-refractivity contribution is 6.34. The molecule has 0 spiro atoms. The summed E-state index contributed by atoms with van der Waals surface area (Å²) in [6.45, 7) is 5.25. The van der Waals surface area contributed by atoms with E-state index in [0.29, 0.717) is 29.2 Å². The Labute approximate surface area is 151 Å². The van der Waals surface area contributed by atoms with E-state index in [4.69, 9.17) is 25.8 Å². The molecule has 1 heterocycles. The van der Waals surface area contributed by atoms with E-state index in [1.165, 1.54) is 7.11 Å². The molecule has 8 heteroatoms. The summed E-state index contributed by atoms with van der Waals surface area (Å²) in [4.78, 5) is 11.5.